The van der Waals surface area contributed by atoms with Gasteiger partial charge in [0, 0.05) is 28.9 Å². The summed E-state index contributed by atoms with van der Waals surface area (Å²) in [7, 11) is 0. The van der Waals surface area contributed by atoms with Crippen molar-refractivity contribution in [2.45, 2.75) is 12.7 Å². The molecule has 1 amide bonds. The fourth-order valence-electron chi connectivity index (χ4n) is 3.48. The molecule has 0 saturated heterocycles. The Morgan fingerprint density at radius 2 is 1.72 bits per heavy atom. The molecule has 1 aromatic heterocycles. The van der Waals surface area contributed by atoms with Crippen LogP contribution in [-0.2, 0) is 12.7 Å². The summed E-state index contributed by atoms with van der Waals surface area (Å²) in [5, 5.41) is 0.597. The number of aromatic nitrogens is 1. The molecule has 0 unspecified atom stereocenters. The standard InChI is InChI=1S/C21H12F5N2O/c22-13-6-11(7-14(23)9-13)10-28-17-3-1-2-16(20(27)29)19(17)15-5-4-12(8-18(15)28)21(24,25)26/h1-4,6-9H,10H2,(H2,27,29). The van der Waals surface area contributed by atoms with Gasteiger partial charge in [0.25, 0.3) is 0 Å². The Morgan fingerprint density at radius 3 is 2.34 bits per heavy atom. The van der Waals surface area contributed by atoms with E-state index in [-0.39, 0.29) is 28.6 Å². The van der Waals surface area contributed by atoms with E-state index in [1.807, 2.05) is 0 Å². The highest BCUT2D eigenvalue weighted by molar-refractivity contribution is 6.17. The number of halogens is 5. The molecule has 0 aliphatic heterocycles. The summed E-state index contributed by atoms with van der Waals surface area (Å²) in [4.78, 5) is 11.9. The minimum absolute atomic E-state index is 0.118. The molecule has 0 fully saturated rings. The van der Waals surface area contributed by atoms with E-state index >= 15 is 0 Å². The molecule has 3 nitrogen and oxygen atoms in total. The van der Waals surface area contributed by atoms with Gasteiger partial charge in [0.15, 0.2) is 0 Å². The van der Waals surface area contributed by atoms with Gasteiger partial charge >= 0.3 is 6.18 Å². The normalized spacial score (nSPS) is 12.0. The average Bonchev–Trinajstić information content (AvgIpc) is 2.93. The van der Waals surface area contributed by atoms with Crippen LogP contribution in [0.4, 0.5) is 22.0 Å². The largest absolute Gasteiger partial charge is 0.416 e. The molecule has 0 bridgehead atoms. The van der Waals surface area contributed by atoms with Crippen molar-refractivity contribution in [1.82, 2.24) is 4.57 Å². The van der Waals surface area contributed by atoms with Gasteiger partial charge < -0.3 is 10.3 Å². The van der Waals surface area contributed by atoms with Crippen LogP contribution >= 0.6 is 0 Å². The molecule has 4 aromatic rings. The van der Waals surface area contributed by atoms with Crippen molar-refractivity contribution in [3.05, 3.63) is 82.9 Å². The highest BCUT2D eigenvalue weighted by Crippen LogP contribution is 2.36. The number of benzene rings is 3. The minimum Gasteiger partial charge on any atom is -0.366 e. The number of carbonyl (C=O) groups excluding carboxylic acids is 1. The van der Waals surface area contributed by atoms with E-state index in [2.05, 4.69) is 6.07 Å². The van der Waals surface area contributed by atoms with E-state index < -0.39 is 29.3 Å². The van der Waals surface area contributed by atoms with E-state index in [1.54, 1.807) is 6.07 Å². The van der Waals surface area contributed by atoms with Crippen LogP contribution in [0.2, 0.25) is 0 Å². The number of rotatable bonds is 3. The summed E-state index contributed by atoms with van der Waals surface area (Å²) in [5.41, 5.74) is 5.35. The van der Waals surface area contributed by atoms with Crippen LogP contribution in [0.15, 0.2) is 48.5 Å². The molecule has 3 aromatic carbocycles. The lowest BCUT2D eigenvalue weighted by Crippen LogP contribution is -2.11. The number of alkyl halides is 3. The van der Waals surface area contributed by atoms with Crippen molar-refractivity contribution in [3.8, 4) is 0 Å². The van der Waals surface area contributed by atoms with Gasteiger partial charge in [-0.3, -0.25) is 4.79 Å². The van der Waals surface area contributed by atoms with Crippen molar-refractivity contribution in [1.29, 1.82) is 0 Å². The molecule has 0 atom stereocenters. The summed E-state index contributed by atoms with van der Waals surface area (Å²) in [6.45, 7) is -0.119. The van der Waals surface area contributed by atoms with Crippen LogP contribution in [0.1, 0.15) is 21.5 Å². The van der Waals surface area contributed by atoms with Crippen LogP contribution in [0.25, 0.3) is 21.8 Å². The maximum absolute atomic E-state index is 13.6. The maximum atomic E-state index is 13.6. The monoisotopic (exact) mass is 403 g/mol. The fourth-order valence-corrected chi connectivity index (χ4v) is 3.48. The zero-order valence-electron chi connectivity index (χ0n) is 14.6. The second kappa shape index (κ2) is 6.58. The van der Waals surface area contributed by atoms with E-state index in [4.69, 9.17) is 5.73 Å². The first-order chi connectivity index (χ1) is 13.6. The Labute approximate surface area is 161 Å². The second-order valence-electron chi connectivity index (χ2n) is 6.57. The Balaban J connectivity index is 2.06. The number of fused-ring (bicyclic) bond motifs is 3. The van der Waals surface area contributed by atoms with Gasteiger partial charge in [0.1, 0.15) is 11.6 Å². The number of primary amides is 1. The fraction of sp³-hybridized carbons (Fsp3) is 0.0952. The number of amides is 1. The van der Waals surface area contributed by atoms with E-state index in [1.165, 1.54) is 16.7 Å². The van der Waals surface area contributed by atoms with E-state index in [0.29, 0.717) is 17.0 Å². The number of hydrogen-bond donors (Lipinski definition) is 1. The third-order valence-corrected chi connectivity index (χ3v) is 4.65. The predicted octanol–water partition coefficient (Wildman–Crippen LogP) is 5.04. The second-order valence-corrected chi connectivity index (χ2v) is 6.57. The van der Waals surface area contributed by atoms with Gasteiger partial charge in [-0.15, -0.1) is 0 Å². The van der Waals surface area contributed by atoms with Crippen LogP contribution in [0.5, 0.6) is 0 Å². The Bertz CT molecular complexity index is 1250. The lowest BCUT2D eigenvalue weighted by Gasteiger charge is -2.10. The first kappa shape index (κ1) is 18.9. The molecular formula is C21H12F5N2O. The van der Waals surface area contributed by atoms with E-state index in [9.17, 15) is 26.7 Å². The smallest absolute Gasteiger partial charge is 0.366 e. The summed E-state index contributed by atoms with van der Waals surface area (Å²) >= 11 is 0. The Kier molecular flexibility index (Phi) is 4.29. The van der Waals surface area contributed by atoms with Crippen molar-refractivity contribution < 1.29 is 26.7 Å². The summed E-state index contributed by atoms with van der Waals surface area (Å²) in [6.07, 6.45) is -4.61. The van der Waals surface area contributed by atoms with Crippen molar-refractivity contribution >= 4 is 27.7 Å². The molecule has 0 aliphatic carbocycles. The van der Waals surface area contributed by atoms with Crippen molar-refractivity contribution in [3.63, 3.8) is 0 Å². The molecule has 29 heavy (non-hydrogen) atoms. The van der Waals surface area contributed by atoms with Crippen LogP contribution in [-0.4, -0.2) is 10.5 Å². The third kappa shape index (κ3) is 3.30. The molecule has 8 heteroatoms. The highest BCUT2D eigenvalue weighted by atomic mass is 19.4. The first-order valence-corrected chi connectivity index (χ1v) is 8.44. The maximum Gasteiger partial charge on any atom is 0.416 e. The molecule has 147 valence electrons. The molecular weight excluding hydrogens is 391 g/mol. The first-order valence-electron chi connectivity index (χ1n) is 8.44. The minimum atomic E-state index is -4.61. The van der Waals surface area contributed by atoms with Gasteiger partial charge in [-0.25, -0.2) is 8.78 Å². The van der Waals surface area contributed by atoms with Gasteiger partial charge in [0.2, 0.25) is 5.91 Å². The lowest BCUT2D eigenvalue weighted by atomic mass is 10.0. The van der Waals surface area contributed by atoms with Gasteiger partial charge in [0.05, 0.1) is 16.6 Å². The SMILES string of the molecule is NC(=O)c1cccc2c1c1[c]cc(C(F)(F)F)cc1n2Cc1cc(F)cc(F)c1. The molecule has 0 aliphatic rings. The number of nitrogens with zero attached hydrogens (tertiary/aromatic N) is 1. The molecule has 2 N–H and O–H groups in total. The van der Waals surface area contributed by atoms with Gasteiger partial charge in [-0.1, -0.05) is 6.07 Å². The quantitative estimate of drug-likeness (QED) is 0.479. The Morgan fingerprint density at radius 1 is 1.03 bits per heavy atom. The zero-order chi connectivity index (χ0) is 20.9. The summed E-state index contributed by atoms with van der Waals surface area (Å²) < 4.78 is 68.4. The third-order valence-electron chi connectivity index (χ3n) is 4.65. The summed E-state index contributed by atoms with van der Waals surface area (Å²) in [5.74, 6) is -2.36. The number of carbonyl (C=O) groups is 1. The van der Waals surface area contributed by atoms with Gasteiger partial charge in [-0.2, -0.15) is 13.2 Å². The zero-order valence-corrected chi connectivity index (χ0v) is 14.6. The molecule has 1 heterocycles. The predicted molar refractivity (Wildman–Crippen MR) is 97.3 cm³/mol. The Hall–Kier alpha value is -3.42. The average molecular weight is 403 g/mol. The van der Waals surface area contributed by atoms with Crippen LogP contribution in [0.3, 0.4) is 0 Å². The molecule has 4 rings (SSSR count). The topological polar surface area (TPSA) is 48.0 Å². The van der Waals surface area contributed by atoms with E-state index in [0.717, 1.165) is 24.3 Å². The highest BCUT2D eigenvalue weighted by Gasteiger charge is 2.31. The van der Waals surface area contributed by atoms with Gasteiger partial charge in [-0.05, 0) is 48.0 Å². The molecule has 0 spiro atoms. The lowest BCUT2D eigenvalue weighted by molar-refractivity contribution is -0.137. The van der Waals surface area contributed by atoms with Crippen LogP contribution in [0, 0.1) is 17.7 Å². The van der Waals surface area contributed by atoms with Crippen molar-refractivity contribution in [2.24, 2.45) is 5.73 Å². The number of nitrogens with two attached hydrogens (primary N) is 1. The summed E-state index contributed by atoms with van der Waals surface area (Å²) in [6, 6.07) is 11.8. The van der Waals surface area contributed by atoms with Crippen LogP contribution < -0.4 is 5.73 Å². The molecule has 1 radical (unpaired) electrons. The van der Waals surface area contributed by atoms with Crippen molar-refractivity contribution in [2.75, 3.05) is 0 Å². The number of hydrogen-bond acceptors (Lipinski definition) is 1. The molecule has 0 saturated carbocycles.